The Hall–Kier alpha value is -3.89. The van der Waals surface area contributed by atoms with Crippen LogP contribution in [0.1, 0.15) is 58.8 Å². The number of carboxylic acid groups (broad SMARTS) is 1. The predicted molar refractivity (Wildman–Crippen MR) is 158 cm³/mol. The Balaban J connectivity index is 1.67. The fourth-order valence-corrected chi connectivity index (χ4v) is 5.71. The smallest absolute Gasteiger partial charge is 0.335 e. The van der Waals surface area contributed by atoms with Crippen LogP contribution in [0, 0.1) is 6.92 Å². The number of nitrogens with zero attached hydrogens (tertiary/aromatic N) is 3. The SMILES string of the molecule is C=C(S/C=C(\C)c1cccc(C(=O)O)c1)C(C)(C=O)c1c(C)nc(C2=[N+](CCC(F)F)c3cc(Cl)ccc32)nc1N. The van der Waals surface area contributed by atoms with Crippen molar-refractivity contribution in [2.45, 2.75) is 39.0 Å². The Bertz CT molecular complexity index is 1620. The van der Waals surface area contributed by atoms with Gasteiger partial charge in [0.1, 0.15) is 17.7 Å². The molecule has 0 fully saturated rings. The molecule has 0 saturated heterocycles. The van der Waals surface area contributed by atoms with E-state index in [9.17, 15) is 23.5 Å². The van der Waals surface area contributed by atoms with Gasteiger partial charge in [0.05, 0.1) is 17.4 Å². The number of carbonyl (C=O) groups excluding carboxylic acids is 1. The predicted octanol–water partition coefficient (Wildman–Crippen LogP) is 6.63. The van der Waals surface area contributed by atoms with E-state index in [0.29, 0.717) is 32.6 Å². The molecule has 7 nitrogen and oxygen atoms in total. The second-order valence-electron chi connectivity index (χ2n) is 9.78. The van der Waals surface area contributed by atoms with Gasteiger partial charge in [0.25, 0.3) is 5.71 Å². The summed E-state index contributed by atoms with van der Waals surface area (Å²) in [5.74, 6) is -0.694. The number of aldehydes is 1. The Morgan fingerprint density at radius 3 is 2.59 bits per heavy atom. The van der Waals surface area contributed by atoms with Crippen LogP contribution in [0.4, 0.5) is 20.3 Å². The van der Waals surface area contributed by atoms with Crippen molar-refractivity contribution in [2.75, 3.05) is 12.3 Å². The van der Waals surface area contributed by atoms with E-state index in [1.165, 1.54) is 17.8 Å². The number of carbonyl (C=O) groups is 2. The molecular formula is C30H28ClF2N4O3S+. The van der Waals surface area contributed by atoms with Crippen LogP contribution in [0.3, 0.4) is 0 Å². The molecule has 41 heavy (non-hydrogen) atoms. The van der Waals surface area contributed by atoms with Crippen molar-refractivity contribution in [3.05, 3.63) is 98.2 Å². The summed E-state index contributed by atoms with van der Waals surface area (Å²) < 4.78 is 27.8. The van der Waals surface area contributed by atoms with E-state index < -0.39 is 17.8 Å². The van der Waals surface area contributed by atoms with Crippen molar-refractivity contribution in [3.8, 4) is 0 Å². The molecule has 0 radical (unpaired) electrons. The summed E-state index contributed by atoms with van der Waals surface area (Å²) in [6.45, 7) is 9.39. The van der Waals surface area contributed by atoms with E-state index in [0.717, 1.165) is 23.0 Å². The number of thioether (sulfide) groups is 1. The molecule has 2 heterocycles. The summed E-state index contributed by atoms with van der Waals surface area (Å²) >= 11 is 7.35. The molecule has 0 saturated carbocycles. The van der Waals surface area contributed by atoms with Crippen LogP contribution in [-0.4, -0.2) is 50.6 Å². The standard InChI is InChI=1S/C30H27ClF2N4O3S/c1-16(19-6-5-7-20(12-19)29(39)40)14-41-18(3)30(4,15-38)25-17(2)35-28(36-27(25)34)26-22-9-8-21(31)13-23(22)37(26)11-10-24(32)33/h5-9,12-15,24H,3,10-11H2,1-2,4H3,(H2-,34,35,36,39,40)/p+1/b16-14+. The quantitative estimate of drug-likeness (QED) is 0.188. The van der Waals surface area contributed by atoms with E-state index >= 15 is 0 Å². The van der Waals surface area contributed by atoms with Crippen molar-refractivity contribution in [3.63, 3.8) is 0 Å². The van der Waals surface area contributed by atoms with Gasteiger partial charge < -0.3 is 15.6 Å². The highest BCUT2D eigenvalue weighted by molar-refractivity contribution is 8.06. The fraction of sp³-hybridized carbons (Fsp3) is 0.233. The molecule has 1 atom stereocenters. The fourth-order valence-electron chi connectivity index (χ4n) is 4.70. The molecule has 1 aliphatic heterocycles. The average Bonchev–Trinajstić information content (AvgIpc) is 2.92. The number of allylic oxidation sites excluding steroid dienone is 2. The Morgan fingerprint density at radius 1 is 1.24 bits per heavy atom. The normalized spacial score (nSPS) is 14.4. The lowest BCUT2D eigenvalue weighted by molar-refractivity contribution is -0.455. The zero-order chi connectivity index (χ0) is 30.1. The van der Waals surface area contributed by atoms with Gasteiger partial charge in [-0.25, -0.2) is 23.5 Å². The molecule has 0 spiro atoms. The monoisotopic (exact) mass is 597 g/mol. The molecule has 1 aliphatic rings. The van der Waals surface area contributed by atoms with E-state index in [1.807, 2.05) is 6.92 Å². The number of hydrogen-bond donors (Lipinski definition) is 2. The minimum atomic E-state index is -2.48. The van der Waals surface area contributed by atoms with E-state index in [4.69, 9.17) is 17.3 Å². The molecule has 3 aromatic rings. The van der Waals surface area contributed by atoms with Crippen molar-refractivity contribution >= 4 is 58.4 Å². The number of benzene rings is 2. The summed E-state index contributed by atoms with van der Waals surface area (Å²) in [6.07, 6.45) is -2.10. The first kappa shape index (κ1) is 30.1. The minimum Gasteiger partial charge on any atom is -0.478 e. The Kier molecular flexibility index (Phi) is 8.74. The third kappa shape index (κ3) is 5.94. The first-order chi connectivity index (χ1) is 19.4. The van der Waals surface area contributed by atoms with Gasteiger partial charge in [-0.15, -0.1) is 11.8 Å². The number of rotatable bonds is 11. The van der Waals surface area contributed by atoms with E-state index in [2.05, 4.69) is 16.5 Å². The van der Waals surface area contributed by atoms with Crippen molar-refractivity contribution in [1.82, 2.24) is 9.97 Å². The molecule has 11 heteroatoms. The number of aromatic nitrogens is 2. The number of carboxylic acids is 1. The minimum absolute atomic E-state index is 0.0466. The number of hydrogen-bond acceptors (Lipinski definition) is 6. The summed E-state index contributed by atoms with van der Waals surface area (Å²) in [5, 5.41) is 11.6. The zero-order valence-corrected chi connectivity index (χ0v) is 24.2. The highest BCUT2D eigenvalue weighted by Gasteiger charge is 2.41. The third-order valence-corrected chi connectivity index (χ3v) is 8.37. The maximum absolute atomic E-state index is 13.0. The lowest BCUT2D eigenvalue weighted by Crippen LogP contribution is -2.34. The van der Waals surface area contributed by atoms with Crippen LogP contribution in [0.2, 0.25) is 5.02 Å². The second-order valence-corrected chi connectivity index (χ2v) is 11.2. The molecule has 0 aliphatic carbocycles. The summed E-state index contributed by atoms with van der Waals surface area (Å²) in [5.41, 5.74) is 9.71. The first-order valence-electron chi connectivity index (χ1n) is 12.6. The highest BCUT2D eigenvalue weighted by atomic mass is 35.5. The van der Waals surface area contributed by atoms with Gasteiger partial charge in [-0.05, 0) is 66.5 Å². The molecular weight excluding hydrogens is 570 g/mol. The number of fused-ring (bicyclic) bond motifs is 1. The van der Waals surface area contributed by atoms with Gasteiger partial charge >= 0.3 is 5.97 Å². The number of nitrogens with two attached hydrogens (primary N) is 1. The van der Waals surface area contributed by atoms with Crippen LogP contribution in [0.25, 0.3) is 5.57 Å². The Labute approximate surface area is 245 Å². The number of aryl methyl sites for hydroxylation is 1. The van der Waals surface area contributed by atoms with Crippen molar-refractivity contribution in [1.29, 1.82) is 0 Å². The lowest BCUT2D eigenvalue weighted by Gasteiger charge is -2.28. The number of alkyl halides is 2. The second kappa shape index (κ2) is 11.9. The van der Waals surface area contributed by atoms with Gasteiger partial charge in [-0.1, -0.05) is 30.3 Å². The van der Waals surface area contributed by atoms with E-state index in [1.54, 1.807) is 60.2 Å². The van der Waals surface area contributed by atoms with Crippen molar-refractivity contribution < 1.29 is 28.1 Å². The van der Waals surface area contributed by atoms with Gasteiger partial charge in [-0.2, -0.15) is 4.58 Å². The summed E-state index contributed by atoms with van der Waals surface area (Å²) in [4.78, 5) is 33.5. The topological polar surface area (TPSA) is 109 Å². The molecule has 0 bridgehead atoms. The highest BCUT2D eigenvalue weighted by Crippen LogP contribution is 2.42. The third-order valence-electron chi connectivity index (χ3n) is 6.95. The number of halogens is 3. The maximum Gasteiger partial charge on any atom is 0.335 e. The molecule has 4 rings (SSSR count). The van der Waals surface area contributed by atoms with Gasteiger partial charge in [-0.3, -0.25) is 0 Å². The van der Waals surface area contributed by atoms with Crippen LogP contribution >= 0.6 is 23.4 Å². The molecule has 1 unspecified atom stereocenters. The molecule has 212 valence electrons. The van der Waals surface area contributed by atoms with E-state index in [-0.39, 0.29) is 30.2 Å². The van der Waals surface area contributed by atoms with Crippen LogP contribution in [0.5, 0.6) is 0 Å². The van der Waals surface area contributed by atoms with Gasteiger partial charge in [0, 0.05) is 22.3 Å². The van der Waals surface area contributed by atoms with Crippen LogP contribution < -0.4 is 5.73 Å². The van der Waals surface area contributed by atoms with Crippen molar-refractivity contribution in [2.24, 2.45) is 0 Å². The lowest BCUT2D eigenvalue weighted by atomic mass is 9.83. The summed E-state index contributed by atoms with van der Waals surface area (Å²) in [7, 11) is 0. The van der Waals surface area contributed by atoms with Crippen LogP contribution in [0.15, 0.2) is 59.4 Å². The molecule has 1 aromatic heterocycles. The van der Waals surface area contributed by atoms with Crippen LogP contribution in [-0.2, 0) is 10.2 Å². The number of aromatic carboxylic acids is 1. The summed E-state index contributed by atoms with van der Waals surface area (Å²) in [6, 6.07) is 11.7. The average molecular weight is 598 g/mol. The Morgan fingerprint density at radius 2 is 1.95 bits per heavy atom. The number of nitrogen functional groups attached to an aromatic ring is 1. The molecule has 2 aromatic carbocycles. The first-order valence-corrected chi connectivity index (χ1v) is 13.8. The molecule has 3 N–H and O–H groups in total. The zero-order valence-electron chi connectivity index (χ0n) is 22.6. The maximum atomic E-state index is 13.0. The largest absolute Gasteiger partial charge is 0.478 e. The van der Waals surface area contributed by atoms with Gasteiger partial charge in [0.15, 0.2) is 6.54 Å². The molecule has 0 amide bonds. The van der Waals surface area contributed by atoms with Gasteiger partial charge in [0.2, 0.25) is 17.9 Å². The number of anilines is 1.